The summed E-state index contributed by atoms with van der Waals surface area (Å²) in [7, 11) is 3.30. The molecule has 0 aromatic heterocycles. The van der Waals surface area contributed by atoms with Gasteiger partial charge in [0.25, 0.3) is 0 Å². The quantitative estimate of drug-likeness (QED) is 0.797. The molecule has 118 valence electrons. The van der Waals surface area contributed by atoms with Gasteiger partial charge >= 0.3 is 0 Å². The summed E-state index contributed by atoms with van der Waals surface area (Å²) in [4.78, 5) is 0. The third-order valence-electron chi connectivity index (χ3n) is 3.59. The van der Waals surface area contributed by atoms with E-state index in [4.69, 9.17) is 18.9 Å². The normalized spacial score (nSPS) is 17.8. The van der Waals surface area contributed by atoms with E-state index in [1.807, 2.05) is 12.1 Å². The summed E-state index contributed by atoms with van der Waals surface area (Å²) in [6.07, 6.45) is 1.04. The lowest BCUT2D eigenvalue weighted by atomic mass is 10.1. The summed E-state index contributed by atoms with van der Waals surface area (Å²) in [5.41, 5.74) is 1.11. The van der Waals surface area contributed by atoms with Crippen molar-refractivity contribution < 1.29 is 18.9 Å². The Kier molecular flexibility index (Phi) is 6.14. The summed E-state index contributed by atoms with van der Waals surface area (Å²) < 4.78 is 22.2. The zero-order valence-electron chi connectivity index (χ0n) is 13.1. The molecule has 1 aromatic carbocycles. The van der Waals surface area contributed by atoms with Crippen LogP contribution in [0.5, 0.6) is 17.2 Å². The van der Waals surface area contributed by atoms with Crippen molar-refractivity contribution in [2.75, 3.05) is 40.6 Å². The zero-order valence-corrected chi connectivity index (χ0v) is 13.1. The van der Waals surface area contributed by atoms with Gasteiger partial charge in [0.15, 0.2) is 11.5 Å². The first kappa shape index (κ1) is 15.9. The summed E-state index contributed by atoms with van der Waals surface area (Å²) in [5.74, 6) is 2.54. The third-order valence-corrected chi connectivity index (χ3v) is 3.59. The van der Waals surface area contributed by atoms with Crippen LogP contribution in [-0.2, 0) is 11.3 Å². The van der Waals surface area contributed by atoms with Crippen LogP contribution < -0.4 is 19.5 Å². The fourth-order valence-electron chi connectivity index (χ4n) is 2.36. The molecule has 1 fully saturated rings. The first-order chi connectivity index (χ1) is 10.3. The summed E-state index contributed by atoms with van der Waals surface area (Å²) in [5, 5.41) is 3.29. The number of nitrogens with one attached hydrogen (secondary N) is 1. The number of hydrogen-bond donors (Lipinski definition) is 1. The Morgan fingerprint density at radius 1 is 1.24 bits per heavy atom. The van der Waals surface area contributed by atoms with Crippen LogP contribution in [0.15, 0.2) is 12.1 Å². The van der Waals surface area contributed by atoms with Crippen LogP contribution in [0.25, 0.3) is 0 Å². The fraction of sp³-hybridized carbons (Fsp3) is 0.625. The van der Waals surface area contributed by atoms with Gasteiger partial charge in [0.05, 0.1) is 27.4 Å². The molecule has 5 nitrogen and oxygen atoms in total. The Balaban J connectivity index is 2.12. The van der Waals surface area contributed by atoms with Crippen LogP contribution in [0.1, 0.15) is 18.9 Å². The highest BCUT2D eigenvalue weighted by atomic mass is 16.5. The largest absolute Gasteiger partial charge is 0.493 e. The molecule has 2 rings (SSSR count). The molecule has 1 atom stereocenters. The molecule has 0 aliphatic carbocycles. The van der Waals surface area contributed by atoms with E-state index in [1.165, 1.54) is 0 Å². The molecule has 0 spiro atoms. The SMILES string of the molecule is CCNCc1cc(OC)c(OCC2CCOC2)c(OC)c1. The average Bonchev–Trinajstić information content (AvgIpc) is 3.03. The minimum absolute atomic E-state index is 0.445. The number of hydrogen-bond acceptors (Lipinski definition) is 5. The molecule has 21 heavy (non-hydrogen) atoms. The van der Waals surface area contributed by atoms with E-state index in [1.54, 1.807) is 14.2 Å². The molecule has 1 heterocycles. The predicted octanol–water partition coefficient (Wildman–Crippen LogP) is 2.23. The second kappa shape index (κ2) is 8.10. The molecule has 0 amide bonds. The van der Waals surface area contributed by atoms with Crippen molar-refractivity contribution >= 4 is 0 Å². The first-order valence-electron chi connectivity index (χ1n) is 7.44. The zero-order chi connectivity index (χ0) is 15.1. The Bertz CT molecular complexity index is 419. The van der Waals surface area contributed by atoms with Crippen molar-refractivity contribution in [2.45, 2.75) is 19.9 Å². The maximum atomic E-state index is 5.94. The Morgan fingerprint density at radius 3 is 2.48 bits per heavy atom. The number of methoxy groups -OCH3 is 2. The monoisotopic (exact) mass is 295 g/mol. The molecule has 0 radical (unpaired) electrons. The second-order valence-electron chi connectivity index (χ2n) is 5.15. The van der Waals surface area contributed by atoms with Crippen molar-refractivity contribution in [1.82, 2.24) is 5.32 Å². The maximum Gasteiger partial charge on any atom is 0.203 e. The van der Waals surface area contributed by atoms with Crippen LogP contribution in [0.4, 0.5) is 0 Å². The molecule has 1 N–H and O–H groups in total. The van der Waals surface area contributed by atoms with Gasteiger partial charge in [-0.05, 0) is 30.7 Å². The molecule has 0 bridgehead atoms. The molecule has 1 aliphatic heterocycles. The van der Waals surface area contributed by atoms with Gasteiger partial charge in [-0.15, -0.1) is 0 Å². The van der Waals surface area contributed by atoms with Gasteiger partial charge in [0.2, 0.25) is 5.75 Å². The van der Waals surface area contributed by atoms with Gasteiger partial charge in [0, 0.05) is 19.1 Å². The molecule has 1 aliphatic rings. The fourth-order valence-corrected chi connectivity index (χ4v) is 2.36. The number of benzene rings is 1. The Hall–Kier alpha value is -1.46. The van der Waals surface area contributed by atoms with Crippen molar-refractivity contribution in [3.05, 3.63) is 17.7 Å². The molecule has 1 unspecified atom stereocenters. The maximum absolute atomic E-state index is 5.94. The van der Waals surface area contributed by atoms with Gasteiger partial charge in [-0.1, -0.05) is 6.92 Å². The van der Waals surface area contributed by atoms with Gasteiger partial charge in [-0.3, -0.25) is 0 Å². The van der Waals surface area contributed by atoms with Crippen molar-refractivity contribution in [3.63, 3.8) is 0 Å². The average molecular weight is 295 g/mol. The third kappa shape index (κ3) is 4.25. The lowest BCUT2D eigenvalue weighted by Crippen LogP contribution is -2.14. The van der Waals surface area contributed by atoms with E-state index in [0.717, 1.165) is 38.3 Å². The van der Waals surface area contributed by atoms with Gasteiger partial charge in [-0.2, -0.15) is 0 Å². The summed E-state index contributed by atoms with van der Waals surface area (Å²) >= 11 is 0. The highest BCUT2D eigenvalue weighted by Crippen LogP contribution is 2.39. The molecular weight excluding hydrogens is 270 g/mol. The second-order valence-corrected chi connectivity index (χ2v) is 5.15. The van der Waals surface area contributed by atoms with E-state index in [-0.39, 0.29) is 0 Å². The van der Waals surface area contributed by atoms with Gasteiger partial charge in [0.1, 0.15) is 0 Å². The highest BCUT2D eigenvalue weighted by Gasteiger charge is 2.19. The Labute approximate surface area is 126 Å². The van der Waals surface area contributed by atoms with Crippen molar-refractivity contribution in [3.8, 4) is 17.2 Å². The van der Waals surface area contributed by atoms with Crippen LogP contribution in [-0.4, -0.2) is 40.6 Å². The van der Waals surface area contributed by atoms with Gasteiger partial charge < -0.3 is 24.3 Å². The molecule has 1 aromatic rings. The van der Waals surface area contributed by atoms with Crippen molar-refractivity contribution in [1.29, 1.82) is 0 Å². The van der Waals surface area contributed by atoms with Crippen molar-refractivity contribution in [2.24, 2.45) is 5.92 Å². The van der Waals surface area contributed by atoms with Crippen LogP contribution in [0.3, 0.4) is 0 Å². The topological polar surface area (TPSA) is 49.0 Å². The molecule has 1 saturated heterocycles. The first-order valence-corrected chi connectivity index (χ1v) is 7.44. The molecular formula is C16H25NO4. The number of rotatable bonds is 8. The lowest BCUT2D eigenvalue weighted by Gasteiger charge is -2.17. The minimum Gasteiger partial charge on any atom is -0.493 e. The van der Waals surface area contributed by atoms with Crippen LogP contribution >= 0.6 is 0 Å². The predicted molar refractivity (Wildman–Crippen MR) is 81.3 cm³/mol. The van der Waals surface area contributed by atoms with Crippen LogP contribution in [0.2, 0.25) is 0 Å². The van der Waals surface area contributed by atoms with Gasteiger partial charge in [-0.25, -0.2) is 0 Å². The molecule has 0 saturated carbocycles. The lowest BCUT2D eigenvalue weighted by molar-refractivity contribution is 0.164. The molecule has 5 heteroatoms. The van der Waals surface area contributed by atoms with Crippen LogP contribution in [0, 0.1) is 5.92 Å². The summed E-state index contributed by atoms with van der Waals surface area (Å²) in [6.45, 7) is 5.99. The van der Waals surface area contributed by atoms with E-state index >= 15 is 0 Å². The number of ether oxygens (including phenoxy) is 4. The minimum atomic E-state index is 0.445. The van der Waals surface area contributed by atoms with E-state index in [2.05, 4.69) is 12.2 Å². The smallest absolute Gasteiger partial charge is 0.203 e. The van der Waals surface area contributed by atoms with E-state index < -0.39 is 0 Å². The summed E-state index contributed by atoms with van der Waals surface area (Å²) in [6, 6.07) is 3.98. The highest BCUT2D eigenvalue weighted by molar-refractivity contribution is 5.53. The van der Waals surface area contributed by atoms with E-state index in [0.29, 0.717) is 29.8 Å². The van der Waals surface area contributed by atoms with E-state index in [9.17, 15) is 0 Å². The Morgan fingerprint density at radius 2 is 1.95 bits per heavy atom. The standard InChI is InChI=1S/C16H25NO4/c1-4-17-9-13-7-14(18-2)16(15(8-13)19-3)21-11-12-5-6-20-10-12/h7-8,12,17H,4-6,9-11H2,1-3H3.